The van der Waals surface area contributed by atoms with E-state index < -0.39 is 12.0 Å². The first-order valence-corrected chi connectivity index (χ1v) is 2.65. The van der Waals surface area contributed by atoms with Gasteiger partial charge in [0.2, 0.25) is 0 Å². The van der Waals surface area contributed by atoms with Gasteiger partial charge in [-0.05, 0) is 19.1 Å². The number of carboxylic acids is 1. The van der Waals surface area contributed by atoms with Gasteiger partial charge in [-0.25, -0.2) is 0 Å². The van der Waals surface area contributed by atoms with E-state index in [1.54, 1.807) is 0 Å². The highest BCUT2D eigenvalue weighted by Gasteiger charge is 2.08. The minimum absolute atomic E-state index is 0.346. The van der Waals surface area contributed by atoms with Gasteiger partial charge in [0.1, 0.15) is 6.04 Å². The summed E-state index contributed by atoms with van der Waals surface area (Å²) in [4.78, 5) is 10.0. The molecule has 0 saturated carbocycles. The van der Waals surface area contributed by atoms with Crippen molar-refractivity contribution < 1.29 is 9.90 Å². The number of nitrogens with two attached hydrogens (primary N) is 1. The van der Waals surface area contributed by atoms with Crippen LogP contribution in [0.2, 0.25) is 0 Å². The molecule has 0 rings (SSSR count). The number of nitrogens with one attached hydrogen (secondary N) is 1. The molecule has 0 aliphatic carbocycles. The SMILES string of the molecule is N=CCC[C@H](N)C(=O)O. The van der Waals surface area contributed by atoms with Gasteiger partial charge < -0.3 is 16.2 Å². The van der Waals surface area contributed by atoms with Crippen LogP contribution < -0.4 is 5.73 Å². The second kappa shape index (κ2) is 4.03. The zero-order valence-corrected chi connectivity index (χ0v) is 5.00. The Bertz CT molecular complexity index is 114. The fourth-order valence-electron chi connectivity index (χ4n) is 0.386. The highest BCUT2D eigenvalue weighted by molar-refractivity contribution is 5.73. The van der Waals surface area contributed by atoms with E-state index >= 15 is 0 Å². The standard InChI is InChI=1S/C5H10N2O2/c6-3-1-2-4(7)5(8)9/h3-4,6H,1-2,7H2,(H,8,9)/t4-/m0/s1. The minimum Gasteiger partial charge on any atom is -0.480 e. The Labute approximate surface area is 53.2 Å². The minimum atomic E-state index is -1.00. The molecule has 0 fully saturated rings. The maximum Gasteiger partial charge on any atom is 0.320 e. The summed E-state index contributed by atoms with van der Waals surface area (Å²) in [5.41, 5.74) is 5.10. The molecule has 1 atom stereocenters. The van der Waals surface area contributed by atoms with Crippen LogP contribution in [-0.2, 0) is 4.79 Å². The smallest absolute Gasteiger partial charge is 0.320 e. The van der Waals surface area contributed by atoms with Crippen LogP contribution in [0.3, 0.4) is 0 Å². The first-order valence-electron chi connectivity index (χ1n) is 2.65. The molecule has 0 aliphatic rings. The summed E-state index contributed by atoms with van der Waals surface area (Å²) in [5, 5.41) is 14.8. The molecule has 52 valence electrons. The fourth-order valence-corrected chi connectivity index (χ4v) is 0.386. The van der Waals surface area contributed by atoms with Crippen LogP contribution in [0.15, 0.2) is 0 Å². The summed E-state index contributed by atoms with van der Waals surface area (Å²) in [7, 11) is 0. The molecule has 0 aromatic heterocycles. The molecular weight excluding hydrogens is 120 g/mol. The molecule has 0 spiro atoms. The van der Waals surface area contributed by atoms with Gasteiger partial charge in [0.15, 0.2) is 0 Å². The lowest BCUT2D eigenvalue weighted by atomic mass is 10.2. The Morgan fingerprint density at radius 2 is 2.44 bits per heavy atom. The van der Waals surface area contributed by atoms with E-state index in [0.717, 1.165) is 6.21 Å². The maximum absolute atomic E-state index is 10.0. The molecule has 0 unspecified atom stereocenters. The van der Waals surface area contributed by atoms with Crippen LogP contribution in [0.1, 0.15) is 12.8 Å². The number of carbonyl (C=O) groups is 1. The molecule has 0 saturated heterocycles. The number of carboxylic acid groups (broad SMARTS) is 1. The molecule has 4 heteroatoms. The monoisotopic (exact) mass is 130 g/mol. The molecule has 4 nitrogen and oxygen atoms in total. The van der Waals surface area contributed by atoms with E-state index in [-0.39, 0.29) is 0 Å². The van der Waals surface area contributed by atoms with E-state index in [0.29, 0.717) is 12.8 Å². The number of hydrogen-bond donors (Lipinski definition) is 3. The van der Waals surface area contributed by atoms with Gasteiger partial charge >= 0.3 is 5.97 Å². The van der Waals surface area contributed by atoms with Crippen LogP contribution in [-0.4, -0.2) is 23.3 Å². The van der Waals surface area contributed by atoms with Crippen molar-refractivity contribution in [3.8, 4) is 0 Å². The van der Waals surface area contributed by atoms with Crippen LogP contribution in [0.5, 0.6) is 0 Å². The van der Waals surface area contributed by atoms with Crippen molar-refractivity contribution in [1.29, 1.82) is 5.41 Å². The second-order valence-corrected chi connectivity index (χ2v) is 1.73. The zero-order valence-electron chi connectivity index (χ0n) is 5.00. The van der Waals surface area contributed by atoms with E-state index in [4.69, 9.17) is 16.2 Å². The van der Waals surface area contributed by atoms with Crippen molar-refractivity contribution in [2.75, 3.05) is 0 Å². The lowest BCUT2D eigenvalue weighted by Gasteiger charge is -2.00. The molecule has 4 N–H and O–H groups in total. The largest absolute Gasteiger partial charge is 0.480 e. The predicted octanol–water partition coefficient (Wildman–Crippen LogP) is -0.172. The molecule has 0 amide bonds. The van der Waals surface area contributed by atoms with E-state index in [1.165, 1.54) is 0 Å². The molecule has 0 heterocycles. The summed E-state index contributed by atoms with van der Waals surface area (Å²) < 4.78 is 0. The average molecular weight is 130 g/mol. The number of hydrogen-bond acceptors (Lipinski definition) is 3. The van der Waals surface area contributed by atoms with Crippen LogP contribution in [0.25, 0.3) is 0 Å². The highest BCUT2D eigenvalue weighted by Crippen LogP contribution is 1.90. The number of rotatable bonds is 4. The Hall–Kier alpha value is -0.900. The van der Waals surface area contributed by atoms with Gasteiger partial charge in [0, 0.05) is 0 Å². The van der Waals surface area contributed by atoms with Crippen molar-refractivity contribution >= 4 is 12.2 Å². The third-order valence-electron chi connectivity index (χ3n) is 0.939. The normalized spacial score (nSPS) is 12.6. The van der Waals surface area contributed by atoms with E-state index in [9.17, 15) is 4.79 Å². The van der Waals surface area contributed by atoms with Crippen LogP contribution >= 0.6 is 0 Å². The highest BCUT2D eigenvalue weighted by atomic mass is 16.4. The summed E-state index contributed by atoms with van der Waals surface area (Å²) >= 11 is 0. The van der Waals surface area contributed by atoms with Crippen molar-refractivity contribution in [1.82, 2.24) is 0 Å². The lowest BCUT2D eigenvalue weighted by Crippen LogP contribution is -2.29. The molecule has 0 aromatic carbocycles. The molecule has 0 radical (unpaired) electrons. The molecule has 0 aromatic rings. The molecule has 0 bridgehead atoms. The Morgan fingerprint density at radius 3 is 2.78 bits per heavy atom. The molecule has 0 aliphatic heterocycles. The molecular formula is C5H10N2O2. The third kappa shape index (κ3) is 3.66. The maximum atomic E-state index is 10.0. The van der Waals surface area contributed by atoms with Gasteiger partial charge in [-0.3, -0.25) is 4.79 Å². The van der Waals surface area contributed by atoms with Crippen LogP contribution in [0, 0.1) is 5.41 Å². The lowest BCUT2D eigenvalue weighted by molar-refractivity contribution is -0.138. The summed E-state index contributed by atoms with van der Waals surface area (Å²) in [6.07, 6.45) is 1.94. The first-order chi connectivity index (χ1) is 4.18. The Morgan fingerprint density at radius 1 is 1.89 bits per heavy atom. The van der Waals surface area contributed by atoms with Crippen LogP contribution in [0.4, 0.5) is 0 Å². The van der Waals surface area contributed by atoms with Gasteiger partial charge in [-0.15, -0.1) is 0 Å². The summed E-state index contributed by atoms with van der Waals surface area (Å²) in [6.45, 7) is 0. The van der Waals surface area contributed by atoms with Gasteiger partial charge in [0.05, 0.1) is 0 Å². The summed E-state index contributed by atoms with van der Waals surface area (Å²) in [5.74, 6) is -1.00. The number of aliphatic carboxylic acids is 1. The van der Waals surface area contributed by atoms with Gasteiger partial charge in [0.25, 0.3) is 0 Å². The van der Waals surface area contributed by atoms with Gasteiger partial charge in [-0.2, -0.15) is 0 Å². The predicted molar refractivity (Wildman–Crippen MR) is 33.6 cm³/mol. The Kier molecular flexibility index (Phi) is 3.62. The van der Waals surface area contributed by atoms with Crippen molar-refractivity contribution in [2.24, 2.45) is 5.73 Å². The second-order valence-electron chi connectivity index (χ2n) is 1.73. The topological polar surface area (TPSA) is 87.2 Å². The fraction of sp³-hybridized carbons (Fsp3) is 0.600. The first kappa shape index (κ1) is 8.10. The zero-order chi connectivity index (χ0) is 7.28. The van der Waals surface area contributed by atoms with E-state index in [2.05, 4.69) is 0 Å². The Balaban J connectivity index is 3.37. The van der Waals surface area contributed by atoms with E-state index in [1.807, 2.05) is 0 Å². The quantitative estimate of drug-likeness (QED) is 0.461. The summed E-state index contributed by atoms with van der Waals surface area (Å²) in [6, 6.07) is -0.813. The molecule has 9 heavy (non-hydrogen) atoms. The van der Waals surface area contributed by atoms with Gasteiger partial charge in [-0.1, -0.05) is 0 Å². The average Bonchev–Trinajstić information content (AvgIpc) is 1.82. The van der Waals surface area contributed by atoms with Crippen molar-refractivity contribution in [2.45, 2.75) is 18.9 Å². The third-order valence-corrected chi connectivity index (χ3v) is 0.939. The van der Waals surface area contributed by atoms with Crippen molar-refractivity contribution in [3.05, 3.63) is 0 Å². The van der Waals surface area contributed by atoms with Crippen molar-refractivity contribution in [3.63, 3.8) is 0 Å².